The van der Waals surface area contributed by atoms with Gasteiger partial charge < -0.3 is 0 Å². The zero-order chi connectivity index (χ0) is 11.2. The van der Waals surface area contributed by atoms with Crippen LogP contribution in [0, 0.1) is 0 Å². The maximum atomic E-state index is 9.79. The van der Waals surface area contributed by atoms with E-state index in [0.29, 0.717) is 0 Å². The van der Waals surface area contributed by atoms with Gasteiger partial charge in [-0.1, -0.05) is 62.3 Å². The molecule has 15 heavy (non-hydrogen) atoms. The summed E-state index contributed by atoms with van der Waals surface area (Å²) in [6.07, 6.45) is 21.5. The third-order valence-corrected chi connectivity index (χ3v) is 1.83. The van der Waals surface area contributed by atoms with Crippen LogP contribution in [0.15, 0.2) is 48.6 Å². The van der Waals surface area contributed by atoms with Gasteiger partial charge in [-0.25, -0.2) is 0 Å². The molecule has 0 aromatic rings. The summed E-state index contributed by atoms with van der Waals surface area (Å²) in [5.74, 6) is 0. The highest BCUT2D eigenvalue weighted by Gasteiger charge is 1.79. The smallest absolute Gasteiger partial charge is 0.225 e. The van der Waals surface area contributed by atoms with Gasteiger partial charge in [-0.05, 0) is 18.9 Å². The summed E-state index contributed by atoms with van der Waals surface area (Å²) < 4.78 is 0. The zero-order valence-corrected chi connectivity index (χ0v) is 9.36. The van der Waals surface area contributed by atoms with Gasteiger partial charge in [0.05, 0.1) is 0 Å². The summed E-state index contributed by atoms with van der Waals surface area (Å²) in [6, 6.07) is 0. The third-order valence-electron chi connectivity index (χ3n) is 1.83. The van der Waals surface area contributed by atoms with Gasteiger partial charge in [0.15, 0.2) is 0 Å². The van der Waals surface area contributed by atoms with Crippen LogP contribution in [-0.2, 0) is 4.79 Å². The van der Waals surface area contributed by atoms with Crippen LogP contribution in [-0.4, -0.2) is 6.29 Å². The summed E-state index contributed by atoms with van der Waals surface area (Å²) >= 11 is 0. The molecular formula is C14H19O. The van der Waals surface area contributed by atoms with E-state index in [9.17, 15) is 4.79 Å². The van der Waals surface area contributed by atoms with Crippen molar-refractivity contribution in [1.82, 2.24) is 0 Å². The van der Waals surface area contributed by atoms with E-state index >= 15 is 0 Å². The molecule has 0 N–H and O–H groups in total. The molecule has 0 saturated carbocycles. The average Bonchev–Trinajstić information content (AvgIpc) is 2.26. The molecule has 1 radical (unpaired) electrons. The maximum absolute atomic E-state index is 9.79. The van der Waals surface area contributed by atoms with Gasteiger partial charge in [0, 0.05) is 0 Å². The summed E-state index contributed by atoms with van der Waals surface area (Å²) in [7, 11) is 0. The minimum Gasteiger partial charge on any atom is -0.286 e. The fourth-order valence-electron chi connectivity index (χ4n) is 1.04. The van der Waals surface area contributed by atoms with E-state index < -0.39 is 0 Å². The highest BCUT2D eigenvalue weighted by atomic mass is 16.1. The quantitative estimate of drug-likeness (QED) is 0.332. The van der Waals surface area contributed by atoms with E-state index in [1.165, 1.54) is 25.3 Å². The number of rotatable bonds is 8. The summed E-state index contributed by atoms with van der Waals surface area (Å²) in [5, 5.41) is 0. The van der Waals surface area contributed by atoms with Crippen molar-refractivity contribution < 1.29 is 4.79 Å². The van der Waals surface area contributed by atoms with E-state index in [2.05, 4.69) is 19.1 Å². The Morgan fingerprint density at radius 1 is 0.933 bits per heavy atom. The summed E-state index contributed by atoms with van der Waals surface area (Å²) in [6.45, 7) is 2.21. The minimum atomic E-state index is 1.15. The Morgan fingerprint density at radius 2 is 1.60 bits per heavy atom. The Bertz CT molecular complexity index is 244. The van der Waals surface area contributed by atoms with E-state index in [1.54, 1.807) is 18.4 Å². The van der Waals surface area contributed by atoms with Crippen LogP contribution in [0.5, 0.6) is 0 Å². The molecule has 0 amide bonds. The van der Waals surface area contributed by atoms with E-state index in [0.717, 1.165) is 6.42 Å². The Kier molecular flexibility index (Phi) is 11.5. The second kappa shape index (κ2) is 12.6. The maximum Gasteiger partial charge on any atom is 0.225 e. The molecule has 0 aromatic heterocycles. The Morgan fingerprint density at radius 3 is 2.27 bits per heavy atom. The fraction of sp³-hybridized carbons (Fsp3) is 0.357. The molecule has 0 unspecified atom stereocenters. The SMILES string of the molecule is CCCCC/C=C/C=C/C=C/C=C/[C]=O. The highest BCUT2D eigenvalue weighted by Crippen LogP contribution is 1.99. The fourth-order valence-corrected chi connectivity index (χ4v) is 1.04. The first-order chi connectivity index (χ1) is 7.41. The number of hydrogen-bond acceptors (Lipinski definition) is 1. The Balaban J connectivity index is 3.48. The first kappa shape index (κ1) is 13.6. The first-order valence-electron chi connectivity index (χ1n) is 5.44. The largest absolute Gasteiger partial charge is 0.286 e. The van der Waals surface area contributed by atoms with Gasteiger partial charge in [0.25, 0.3) is 0 Å². The highest BCUT2D eigenvalue weighted by molar-refractivity contribution is 5.66. The van der Waals surface area contributed by atoms with Crippen molar-refractivity contribution >= 4 is 6.29 Å². The molecule has 1 heteroatoms. The van der Waals surface area contributed by atoms with Crippen molar-refractivity contribution in [3.05, 3.63) is 48.6 Å². The number of allylic oxidation sites excluding steroid dienone is 8. The molecule has 81 valence electrons. The molecule has 0 aliphatic heterocycles. The molecule has 0 rings (SSSR count). The topological polar surface area (TPSA) is 17.1 Å². The van der Waals surface area contributed by atoms with Gasteiger partial charge >= 0.3 is 0 Å². The number of carbonyl (C=O) groups excluding carboxylic acids is 1. The zero-order valence-electron chi connectivity index (χ0n) is 9.36. The van der Waals surface area contributed by atoms with Crippen molar-refractivity contribution in [3.8, 4) is 0 Å². The van der Waals surface area contributed by atoms with Gasteiger partial charge in [0.2, 0.25) is 6.29 Å². The molecule has 0 spiro atoms. The van der Waals surface area contributed by atoms with Crippen LogP contribution < -0.4 is 0 Å². The predicted octanol–water partition coefficient (Wildman–Crippen LogP) is 3.90. The molecule has 0 atom stereocenters. The molecule has 0 aliphatic carbocycles. The average molecular weight is 203 g/mol. The lowest BCUT2D eigenvalue weighted by Gasteiger charge is -1.89. The lowest BCUT2D eigenvalue weighted by Crippen LogP contribution is -1.69. The van der Waals surface area contributed by atoms with Crippen molar-refractivity contribution in [1.29, 1.82) is 0 Å². The normalized spacial score (nSPS) is 12.6. The van der Waals surface area contributed by atoms with Crippen LogP contribution in [0.25, 0.3) is 0 Å². The van der Waals surface area contributed by atoms with Crippen LogP contribution in [0.1, 0.15) is 32.6 Å². The summed E-state index contributed by atoms with van der Waals surface area (Å²) in [5.41, 5.74) is 0. The van der Waals surface area contributed by atoms with Crippen molar-refractivity contribution in [2.24, 2.45) is 0 Å². The number of unbranched alkanes of at least 4 members (excludes halogenated alkanes) is 3. The molecule has 0 fully saturated rings. The van der Waals surface area contributed by atoms with Gasteiger partial charge in [0.1, 0.15) is 0 Å². The monoisotopic (exact) mass is 203 g/mol. The molecule has 0 saturated heterocycles. The van der Waals surface area contributed by atoms with Crippen LogP contribution in [0.3, 0.4) is 0 Å². The van der Waals surface area contributed by atoms with Crippen LogP contribution in [0.4, 0.5) is 0 Å². The van der Waals surface area contributed by atoms with Gasteiger partial charge in [-0.3, -0.25) is 4.79 Å². The second-order valence-electron chi connectivity index (χ2n) is 3.17. The Hall–Kier alpha value is -1.37. The predicted molar refractivity (Wildman–Crippen MR) is 66.4 cm³/mol. The molecule has 0 aliphatic rings. The molecular weight excluding hydrogens is 184 g/mol. The standard InChI is InChI=1S/C14H19O/c1-2-3-4-5-6-7-8-9-10-11-12-13-14-15/h6-13H,2-5H2,1H3/b7-6+,9-8+,11-10+,13-12+. The lowest BCUT2D eigenvalue weighted by atomic mass is 10.2. The minimum absolute atomic E-state index is 1.15. The molecule has 0 aromatic carbocycles. The lowest BCUT2D eigenvalue weighted by molar-refractivity contribution is 0.564. The second-order valence-corrected chi connectivity index (χ2v) is 3.17. The van der Waals surface area contributed by atoms with Crippen molar-refractivity contribution in [2.45, 2.75) is 32.6 Å². The summed E-state index contributed by atoms with van der Waals surface area (Å²) in [4.78, 5) is 9.79. The van der Waals surface area contributed by atoms with Crippen molar-refractivity contribution in [2.75, 3.05) is 0 Å². The molecule has 0 heterocycles. The van der Waals surface area contributed by atoms with Crippen LogP contribution >= 0.6 is 0 Å². The van der Waals surface area contributed by atoms with Gasteiger partial charge in [-0.2, -0.15) is 0 Å². The molecule has 0 bridgehead atoms. The Labute approximate surface area is 92.9 Å². The first-order valence-corrected chi connectivity index (χ1v) is 5.44. The van der Waals surface area contributed by atoms with Crippen molar-refractivity contribution in [3.63, 3.8) is 0 Å². The third kappa shape index (κ3) is 12.6. The van der Waals surface area contributed by atoms with E-state index in [1.807, 2.05) is 18.2 Å². The van der Waals surface area contributed by atoms with E-state index in [-0.39, 0.29) is 0 Å². The van der Waals surface area contributed by atoms with E-state index in [4.69, 9.17) is 0 Å². The molecule has 1 nitrogen and oxygen atoms in total. The number of hydrogen-bond donors (Lipinski definition) is 0. The van der Waals surface area contributed by atoms with Gasteiger partial charge in [-0.15, -0.1) is 0 Å². The van der Waals surface area contributed by atoms with Crippen LogP contribution in [0.2, 0.25) is 0 Å².